The van der Waals surface area contributed by atoms with Crippen LogP contribution in [0.15, 0.2) is 66.7 Å². The van der Waals surface area contributed by atoms with Crippen LogP contribution in [-0.2, 0) is 11.4 Å². The number of halogens is 3. The largest absolute Gasteiger partial charge is 0.489 e. The predicted octanol–water partition coefficient (Wildman–Crippen LogP) is 6.24. The number of anilines is 1. The molecule has 1 amide bonds. The van der Waals surface area contributed by atoms with Crippen molar-refractivity contribution in [3.05, 3.63) is 87.4 Å². The topological polar surface area (TPSA) is 47.6 Å². The van der Waals surface area contributed by atoms with Gasteiger partial charge >= 0.3 is 0 Å². The fraction of sp³-hybridized carbons (Fsp3) is 0.0952. The highest BCUT2D eigenvalue weighted by Gasteiger charge is 2.07. The summed E-state index contributed by atoms with van der Waals surface area (Å²) in [7, 11) is 0. The zero-order valence-corrected chi connectivity index (χ0v) is 16.9. The second-order valence-corrected chi connectivity index (χ2v) is 7.07. The Kier molecular flexibility index (Phi) is 7.04. The van der Waals surface area contributed by atoms with Crippen molar-refractivity contribution >= 4 is 46.4 Å². The minimum atomic E-state index is -0.309. The van der Waals surface area contributed by atoms with E-state index in [1.807, 2.05) is 24.3 Å². The van der Waals surface area contributed by atoms with Crippen LogP contribution in [0.25, 0.3) is 0 Å². The SMILES string of the molecule is O=C(COc1ccc(Cl)cc1Cl)Nc1ccc(OCc2ccccc2Cl)cc1. The minimum Gasteiger partial charge on any atom is -0.489 e. The van der Waals surface area contributed by atoms with Crippen molar-refractivity contribution in [3.63, 3.8) is 0 Å². The fourth-order valence-corrected chi connectivity index (χ4v) is 3.00. The summed E-state index contributed by atoms with van der Waals surface area (Å²) >= 11 is 17.9. The van der Waals surface area contributed by atoms with Crippen LogP contribution < -0.4 is 14.8 Å². The van der Waals surface area contributed by atoms with Gasteiger partial charge in [-0.05, 0) is 48.5 Å². The Labute approximate surface area is 177 Å². The molecule has 0 radical (unpaired) electrons. The number of benzene rings is 3. The molecule has 0 bridgehead atoms. The second-order valence-electron chi connectivity index (χ2n) is 5.82. The molecule has 0 atom stereocenters. The molecule has 7 heteroatoms. The van der Waals surface area contributed by atoms with Crippen molar-refractivity contribution in [2.45, 2.75) is 6.61 Å². The number of ether oxygens (including phenoxy) is 2. The van der Waals surface area contributed by atoms with Crippen LogP contribution >= 0.6 is 34.8 Å². The van der Waals surface area contributed by atoms with Crippen LogP contribution in [-0.4, -0.2) is 12.5 Å². The molecule has 0 saturated heterocycles. The Morgan fingerprint density at radius 3 is 2.32 bits per heavy atom. The van der Waals surface area contributed by atoms with Gasteiger partial charge in [0.15, 0.2) is 6.61 Å². The van der Waals surface area contributed by atoms with Crippen molar-refractivity contribution in [1.82, 2.24) is 0 Å². The van der Waals surface area contributed by atoms with Gasteiger partial charge < -0.3 is 14.8 Å². The lowest BCUT2D eigenvalue weighted by molar-refractivity contribution is -0.118. The molecule has 4 nitrogen and oxygen atoms in total. The number of carbonyl (C=O) groups is 1. The van der Waals surface area contributed by atoms with E-state index in [-0.39, 0.29) is 12.5 Å². The molecule has 0 saturated carbocycles. The van der Waals surface area contributed by atoms with Crippen molar-refractivity contribution in [3.8, 4) is 11.5 Å². The summed E-state index contributed by atoms with van der Waals surface area (Å²) in [6.07, 6.45) is 0. The van der Waals surface area contributed by atoms with Gasteiger partial charge in [0.2, 0.25) is 0 Å². The smallest absolute Gasteiger partial charge is 0.262 e. The molecule has 3 rings (SSSR count). The van der Waals surface area contributed by atoms with E-state index in [9.17, 15) is 4.79 Å². The van der Waals surface area contributed by atoms with E-state index >= 15 is 0 Å². The molecule has 3 aromatic carbocycles. The van der Waals surface area contributed by atoms with Crippen LogP contribution in [0.3, 0.4) is 0 Å². The van der Waals surface area contributed by atoms with Gasteiger partial charge in [-0.15, -0.1) is 0 Å². The summed E-state index contributed by atoms with van der Waals surface area (Å²) in [5.41, 5.74) is 1.53. The molecule has 28 heavy (non-hydrogen) atoms. The quantitative estimate of drug-likeness (QED) is 0.476. The number of nitrogens with one attached hydrogen (secondary N) is 1. The first-order valence-corrected chi connectivity index (χ1v) is 9.48. The molecule has 144 valence electrons. The Bertz CT molecular complexity index is 961. The van der Waals surface area contributed by atoms with E-state index in [1.54, 1.807) is 42.5 Å². The highest BCUT2D eigenvalue weighted by molar-refractivity contribution is 6.35. The summed E-state index contributed by atoms with van der Waals surface area (Å²) < 4.78 is 11.1. The number of rotatable bonds is 7. The molecule has 3 aromatic rings. The van der Waals surface area contributed by atoms with E-state index in [1.165, 1.54) is 0 Å². The second kappa shape index (κ2) is 9.69. The number of hydrogen-bond donors (Lipinski definition) is 1. The number of carbonyl (C=O) groups excluding carboxylic acids is 1. The Hall–Kier alpha value is -2.40. The van der Waals surface area contributed by atoms with Gasteiger partial charge in [0.1, 0.15) is 18.1 Å². The molecule has 0 unspecified atom stereocenters. The van der Waals surface area contributed by atoms with Gasteiger partial charge in [-0.1, -0.05) is 53.0 Å². The molecule has 1 N–H and O–H groups in total. The van der Waals surface area contributed by atoms with Crippen molar-refractivity contribution < 1.29 is 14.3 Å². The molecule has 0 aliphatic heterocycles. The summed E-state index contributed by atoms with van der Waals surface area (Å²) in [4.78, 5) is 12.0. The number of hydrogen-bond acceptors (Lipinski definition) is 3. The highest BCUT2D eigenvalue weighted by atomic mass is 35.5. The Balaban J connectivity index is 1.49. The lowest BCUT2D eigenvalue weighted by atomic mass is 10.2. The third kappa shape index (κ3) is 5.80. The summed E-state index contributed by atoms with van der Waals surface area (Å²) in [6.45, 7) is 0.188. The third-order valence-electron chi connectivity index (χ3n) is 3.74. The first kappa shape index (κ1) is 20.3. The molecule has 0 aliphatic carbocycles. The van der Waals surface area contributed by atoms with Gasteiger partial charge in [0.25, 0.3) is 5.91 Å². The van der Waals surface area contributed by atoms with E-state index in [0.29, 0.717) is 38.9 Å². The zero-order chi connectivity index (χ0) is 19.9. The van der Waals surface area contributed by atoms with Gasteiger partial charge in [-0.25, -0.2) is 0 Å². The standard InChI is InChI=1S/C21H16Cl3NO3/c22-15-5-10-20(19(24)11-15)28-13-21(26)25-16-6-8-17(9-7-16)27-12-14-3-1-2-4-18(14)23/h1-11H,12-13H2,(H,25,26). The average Bonchev–Trinajstić information content (AvgIpc) is 2.68. The molecular weight excluding hydrogens is 421 g/mol. The predicted molar refractivity (Wildman–Crippen MR) is 113 cm³/mol. The Morgan fingerprint density at radius 1 is 0.857 bits per heavy atom. The maximum atomic E-state index is 12.0. The average molecular weight is 437 g/mol. The van der Waals surface area contributed by atoms with E-state index in [2.05, 4.69) is 5.32 Å². The molecule has 0 fully saturated rings. The minimum absolute atomic E-state index is 0.174. The van der Waals surface area contributed by atoms with Gasteiger partial charge in [0, 0.05) is 21.3 Å². The van der Waals surface area contributed by atoms with Gasteiger partial charge in [-0.3, -0.25) is 4.79 Å². The fourth-order valence-electron chi connectivity index (χ4n) is 2.34. The molecule has 0 aromatic heterocycles. The Morgan fingerprint density at radius 2 is 1.61 bits per heavy atom. The normalized spacial score (nSPS) is 10.4. The lowest BCUT2D eigenvalue weighted by Crippen LogP contribution is -2.20. The first-order chi connectivity index (χ1) is 13.5. The summed E-state index contributed by atoms with van der Waals surface area (Å²) in [5.74, 6) is 0.752. The van der Waals surface area contributed by atoms with Crippen molar-refractivity contribution in [2.75, 3.05) is 11.9 Å². The summed E-state index contributed by atoms with van der Waals surface area (Å²) in [5, 5.41) is 4.25. The van der Waals surface area contributed by atoms with Crippen LogP contribution in [0.4, 0.5) is 5.69 Å². The first-order valence-electron chi connectivity index (χ1n) is 8.35. The lowest BCUT2D eigenvalue weighted by Gasteiger charge is -2.10. The number of amides is 1. The molecule has 0 spiro atoms. The molecule has 0 aliphatic rings. The molecular formula is C21H16Cl3NO3. The highest BCUT2D eigenvalue weighted by Crippen LogP contribution is 2.27. The van der Waals surface area contributed by atoms with Crippen LogP contribution in [0.5, 0.6) is 11.5 Å². The van der Waals surface area contributed by atoms with E-state index in [0.717, 1.165) is 5.56 Å². The van der Waals surface area contributed by atoms with Crippen LogP contribution in [0.2, 0.25) is 15.1 Å². The van der Waals surface area contributed by atoms with E-state index < -0.39 is 0 Å². The third-order valence-corrected chi connectivity index (χ3v) is 4.64. The van der Waals surface area contributed by atoms with Gasteiger partial charge in [0.05, 0.1) is 5.02 Å². The molecule has 0 heterocycles. The zero-order valence-electron chi connectivity index (χ0n) is 14.6. The van der Waals surface area contributed by atoms with Crippen molar-refractivity contribution in [1.29, 1.82) is 0 Å². The van der Waals surface area contributed by atoms with Crippen molar-refractivity contribution in [2.24, 2.45) is 0 Å². The van der Waals surface area contributed by atoms with Crippen LogP contribution in [0.1, 0.15) is 5.56 Å². The maximum Gasteiger partial charge on any atom is 0.262 e. The van der Waals surface area contributed by atoms with Crippen LogP contribution in [0, 0.1) is 0 Å². The summed E-state index contributed by atoms with van der Waals surface area (Å²) in [6, 6.07) is 19.3. The van der Waals surface area contributed by atoms with Gasteiger partial charge in [-0.2, -0.15) is 0 Å². The van der Waals surface area contributed by atoms with E-state index in [4.69, 9.17) is 44.3 Å². The maximum absolute atomic E-state index is 12.0. The monoisotopic (exact) mass is 435 g/mol.